The van der Waals surface area contributed by atoms with Crippen LogP contribution in [0.1, 0.15) is 16.7 Å². The maximum Gasteiger partial charge on any atom is 0.639 e. The van der Waals surface area contributed by atoms with Crippen molar-refractivity contribution in [1.29, 1.82) is 0 Å². The summed E-state index contributed by atoms with van der Waals surface area (Å²) >= 11 is 5.40. The van der Waals surface area contributed by atoms with Gasteiger partial charge in [-0.15, -0.1) is 35.3 Å². The summed E-state index contributed by atoms with van der Waals surface area (Å²) in [7, 11) is -0.646. The number of hydrogen-bond acceptors (Lipinski definition) is 6. The zero-order chi connectivity index (χ0) is 24.0. The molecule has 0 saturated carbocycles. The SMILES string of the molecule is Cc1ccccc1SCCOB(OCCSc1ccccc1C)OCCSc1ccccc1C. The number of thioether (sulfide) groups is 3. The molecular formula is C27H33BO3S3. The van der Waals surface area contributed by atoms with Crippen LogP contribution in [0.5, 0.6) is 0 Å². The zero-order valence-corrected chi connectivity index (χ0v) is 22.6. The Morgan fingerprint density at radius 3 is 1.09 bits per heavy atom. The summed E-state index contributed by atoms with van der Waals surface area (Å²) < 4.78 is 17.9. The molecule has 7 heteroatoms. The van der Waals surface area contributed by atoms with Crippen LogP contribution in [-0.2, 0) is 14.0 Å². The van der Waals surface area contributed by atoms with Gasteiger partial charge in [0.25, 0.3) is 0 Å². The number of rotatable bonds is 15. The molecule has 180 valence electrons. The summed E-state index contributed by atoms with van der Waals surface area (Å²) in [6.07, 6.45) is 0. The standard InChI is InChI=1S/C27H33BO3S3/c1-22-10-4-7-13-25(22)32-19-16-29-28(30-17-20-33-26-14-8-5-11-23(26)2)31-18-21-34-27-15-9-6-12-24(27)3/h4-15H,16-21H2,1-3H3. The van der Waals surface area contributed by atoms with Crippen LogP contribution in [-0.4, -0.2) is 44.4 Å². The van der Waals surface area contributed by atoms with Crippen LogP contribution < -0.4 is 0 Å². The Morgan fingerprint density at radius 1 is 0.500 bits per heavy atom. The Morgan fingerprint density at radius 2 is 0.794 bits per heavy atom. The van der Waals surface area contributed by atoms with Crippen LogP contribution in [0.2, 0.25) is 0 Å². The molecule has 0 heterocycles. The fourth-order valence-corrected chi connectivity index (χ4v) is 5.80. The summed E-state index contributed by atoms with van der Waals surface area (Å²) in [5, 5.41) is 0. The van der Waals surface area contributed by atoms with Crippen molar-refractivity contribution in [2.75, 3.05) is 37.1 Å². The molecule has 0 atom stereocenters. The summed E-state index contributed by atoms with van der Waals surface area (Å²) in [6, 6.07) is 25.3. The van der Waals surface area contributed by atoms with Gasteiger partial charge in [0, 0.05) is 51.8 Å². The Hall–Kier alpha value is -1.35. The van der Waals surface area contributed by atoms with E-state index in [9.17, 15) is 0 Å². The Labute approximate surface area is 217 Å². The van der Waals surface area contributed by atoms with Gasteiger partial charge in [0.1, 0.15) is 0 Å². The molecule has 0 amide bonds. The van der Waals surface area contributed by atoms with Crippen molar-refractivity contribution in [3.05, 3.63) is 89.5 Å². The first-order valence-corrected chi connectivity index (χ1v) is 14.5. The first-order chi connectivity index (χ1) is 16.6. The van der Waals surface area contributed by atoms with Crippen molar-refractivity contribution in [2.24, 2.45) is 0 Å². The molecule has 0 aliphatic rings. The molecule has 3 aromatic carbocycles. The van der Waals surface area contributed by atoms with E-state index in [0.717, 1.165) is 17.3 Å². The average molecular weight is 513 g/mol. The minimum Gasteiger partial charge on any atom is -0.385 e. The van der Waals surface area contributed by atoms with E-state index in [0.29, 0.717) is 19.8 Å². The van der Waals surface area contributed by atoms with Crippen molar-refractivity contribution in [3.8, 4) is 0 Å². The fraction of sp³-hybridized carbons (Fsp3) is 0.333. The van der Waals surface area contributed by atoms with Gasteiger partial charge in [-0.25, -0.2) is 0 Å². The lowest BCUT2D eigenvalue weighted by Crippen LogP contribution is -2.30. The number of benzene rings is 3. The second-order valence-electron chi connectivity index (χ2n) is 7.74. The molecule has 0 N–H and O–H groups in total. The predicted octanol–water partition coefficient (Wildman–Crippen LogP) is 7.32. The van der Waals surface area contributed by atoms with Gasteiger partial charge in [-0.1, -0.05) is 54.6 Å². The molecule has 0 aliphatic carbocycles. The molecule has 0 aromatic heterocycles. The maximum absolute atomic E-state index is 5.97. The lowest BCUT2D eigenvalue weighted by molar-refractivity contribution is 0.109. The van der Waals surface area contributed by atoms with Gasteiger partial charge in [0.2, 0.25) is 0 Å². The number of aryl methyl sites for hydroxylation is 3. The summed E-state index contributed by atoms with van der Waals surface area (Å²) in [5.74, 6) is 2.55. The topological polar surface area (TPSA) is 27.7 Å². The molecule has 0 fully saturated rings. The minimum atomic E-state index is -0.646. The van der Waals surface area contributed by atoms with E-state index in [1.165, 1.54) is 31.4 Å². The van der Waals surface area contributed by atoms with E-state index in [4.69, 9.17) is 14.0 Å². The minimum absolute atomic E-state index is 0.569. The highest BCUT2D eigenvalue weighted by molar-refractivity contribution is 7.99. The second kappa shape index (κ2) is 15.6. The quantitative estimate of drug-likeness (QED) is 0.120. The van der Waals surface area contributed by atoms with E-state index < -0.39 is 7.32 Å². The Kier molecular flexibility index (Phi) is 12.5. The molecule has 0 bridgehead atoms. The van der Waals surface area contributed by atoms with Crippen LogP contribution in [0.3, 0.4) is 0 Å². The van der Waals surface area contributed by atoms with Gasteiger partial charge >= 0.3 is 7.32 Å². The van der Waals surface area contributed by atoms with E-state index in [1.54, 1.807) is 35.3 Å². The molecule has 3 rings (SSSR count). The molecule has 0 spiro atoms. The highest BCUT2D eigenvalue weighted by Gasteiger charge is 2.21. The van der Waals surface area contributed by atoms with Crippen LogP contribution >= 0.6 is 35.3 Å². The molecule has 34 heavy (non-hydrogen) atoms. The van der Waals surface area contributed by atoms with Gasteiger partial charge in [0.05, 0.1) is 0 Å². The lowest BCUT2D eigenvalue weighted by atomic mass is 10.2. The molecule has 3 nitrogen and oxygen atoms in total. The first-order valence-electron chi connectivity index (χ1n) is 11.5. The third-order valence-electron chi connectivity index (χ3n) is 5.07. The Balaban J connectivity index is 1.42. The third kappa shape index (κ3) is 9.72. The van der Waals surface area contributed by atoms with Gasteiger partial charge in [-0.3, -0.25) is 0 Å². The first kappa shape index (κ1) is 27.2. The molecule has 3 aromatic rings. The fourth-order valence-electron chi connectivity index (χ4n) is 3.19. The highest BCUT2D eigenvalue weighted by Crippen LogP contribution is 2.23. The van der Waals surface area contributed by atoms with Crippen LogP contribution in [0.4, 0.5) is 0 Å². The molecule has 0 unspecified atom stereocenters. The molecule has 0 aliphatic heterocycles. The van der Waals surface area contributed by atoms with Crippen LogP contribution in [0.15, 0.2) is 87.5 Å². The zero-order valence-electron chi connectivity index (χ0n) is 20.2. The lowest BCUT2D eigenvalue weighted by Gasteiger charge is -2.15. The number of hydrogen-bond donors (Lipinski definition) is 0. The molecule has 0 saturated heterocycles. The average Bonchev–Trinajstić information content (AvgIpc) is 2.84. The van der Waals surface area contributed by atoms with E-state index >= 15 is 0 Å². The molecular weight excluding hydrogens is 479 g/mol. The van der Waals surface area contributed by atoms with Crippen molar-refractivity contribution < 1.29 is 14.0 Å². The highest BCUT2D eigenvalue weighted by atomic mass is 32.2. The van der Waals surface area contributed by atoms with Crippen molar-refractivity contribution in [1.82, 2.24) is 0 Å². The van der Waals surface area contributed by atoms with E-state index in [2.05, 4.69) is 93.6 Å². The normalized spacial score (nSPS) is 11.0. The maximum atomic E-state index is 5.97. The smallest absolute Gasteiger partial charge is 0.385 e. The monoisotopic (exact) mass is 512 g/mol. The van der Waals surface area contributed by atoms with Crippen LogP contribution in [0.25, 0.3) is 0 Å². The summed E-state index contributed by atoms with van der Waals surface area (Å²) in [6.45, 7) is 8.11. The largest absolute Gasteiger partial charge is 0.639 e. The van der Waals surface area contributed by atoms with Gasteiger partial charge in [0.15, 0.2) is 0 Å². The Bertz CT molecular complexity index is 875. The van der Waals surface area contributed by atoms with Gasteiger partial charge in [-0.2, -0.15) is 0 Å². The second-order valence-corrected chi connectivity index (χ2v) is 11.2. The van der Waals surface area contributed by atoms with Crippen molar-refractivity contribution in [2.45, 2.75) is 35.5 Å². The predicted molar refractivity (Wildman–Crippen MR) is 149 cm³/mol. The summed E-state index contributed by atoms with van der Waals surface area (Å²) in [4.78, 5) is 3.86. The van der Waals surface area contributed by atoms with Crippen LogP contribution in [0, 0.1) is 20.8 Å². The molecule has 0 radical (unpaired) electrons. The van der Waals surface area contributed by atoms with Gasteiger partial charge in [-0.05, 0) is 55.7 Å². The summed E-state index contributed by atoms with van der Waals surface area (Å²) in [5.41, 5.74) is 3.87. The third-order valence-corrected chi connectivity index (χ3v) is 8.48. The van der Waals surface area contributed by atoms with Crippen molar-refractivity contribution >= 4 is 42.6 Å². The van der Waals surface area contributed by atoms with E-state index in [-0.39, 0.29) is 0 Å². The van der Waals surface area contributed by atoms with Crippen molar-refractivity contribution in [3.63, 3.8) is 0 Å². The van der Waals surface area contributed by atoms with Gasteiger partial charge < -0.3 is 14.0 Å². The van der Waals surface area contributed by atoms with E-state index in [1.807, 2.05) is 0 Å².